The molecule has 0 fully saturated rings. The minimum atomic E-state index is -0.390. The lowest BCUT2D eigenvalue weighted by Crippen LogP contribution is -2.24. The molecule has 0 unspecified atom stereocenters. The Balaban J connectivity index is 1.34. The van der Waals surface area contributed by atoms with Gasteiger partial charge in [0.2, 0.25) is 0 Å². The average molecular weight is 490 g/mol. The number of hydrazone groups is 1. The summed E-state index contributed by atoms with van der Waals surface area (Å²) in [6.07, 6.45) is 3.21. The highest BCUT2D eigenvalue weighted by Crippen LogP contribution is 2.29. The van der Waals surface area contributed by atoms with Crippen LogP contribution < -0.4 is 19.6 Å². The van der Waals surface area contributed by atoms with Crippen molar-refractivity contribution in [2.75, 3.05) is 13.2 Å². The van der Waals surface area contributed by atoms with Gasteiger partial charge in [0, 0.05) is 22.2 Å². The smallest absolute Gasteiger partial charge is 0.277 e. The minimum Gasteiger partial charge on any atom is -0.490 e. The number of aromatic nitrogens is 1. The van der Waals surface area contributed by atoms with Gasteiger partial charge < -0.3 is 14.2 Å². The number of carbonyl (C=O) groups excluding carboxylic acids is 1. The highest BCUT2D eigenvalue weighted by molar-refractivity contribution is 6.31. The number of benzene rings is 3. The van der Waals surface area contributed by atoms with Crippen LogP contribution in [-0.4, -0.2) is 30.3 Å². The summed E-state index contributed by atoms with van der Waals surface area (Å²) in [5, 5.41) is 5.60. The van der Waals surface area contributed by atoms with E-state index in [1.54, 1.807) is 24.4 Å². The highest BCUT2D eigenvalue weighted by Gasteiger charge is 2.09. The minimum absolute atomic E-state index is 0.188. The number of carbonyl (C=O) groups is 1. The largest absolute Gasteiger partial charge is 0.490 e. The highest BCUT2D eigenvalue weighted by atomic mass is 35.5. The number of hydrogen-bond donors (Lipinski definition) is 1. The van der Waals surface area contributed by atoms with E-state index in [1.807, 2.05) is 61.5 Å². The molecule has 0 saturated carbocycles. The number of pyridine rings is 1. The average Bonchev–Trinajstić information content (AvgIpc) is 2.88. The van der Waals surface area contributed by atoms with Gasteiger partial charge in [-0.15, -0.1) is 0 Å². The Hall–Kier alpha value is -4.10. The van der Waals surface area contributed by atoms with Gasteiger partial charge >= 0.3 is 0 Å². The molecule has 0 aliphatic rings. The van der Waals surface area contributed by atoms with Gasteiger partial charge in [0.1, 0.15) is 17.9 Å². The molecule has 3 aromatic carbocycles. The van der Waals surface area contributed by atoms with Crippen molar-refractivity contribution >= 4 is 34.6 Å². The first kappa shape index (κ1) is 24.0. The van der Waals surface area contributed by atoms with E-state index in [9.17, 15) is 4.79 Å². The molecule has 8 heteroatoms. The molecule has 4 rings (SSSR count). The fourth-order valence-electron chi connectivity index (χ4n) is 3.31. The summed E-state index contributed by atoms with van der Waals surface area (Å²) in [7, 11) is 0. The van der Waals surface area contributed by atoms with Crippen LogP contribution in [0.5, 0.6) is 17.2 Å². The van der Waals surface area contributed by atoms with Gasteiger partial charge in [0.25, 0.3) is 5.91 Å². The third-order valence-corrected chi connectivity index (χ3v) is 5.33. The Morgan fingerprint density at radius 1 is 0.971 bits per heavy atom. The second-order valence-electron chi connectivity index (χ2n) is 7.43. The van der Waals surface area contributed by atoms with Gasteiger partial charge in [-0.2, -0.15) is 5.10 Å². The summed E-state index contributed by atoms with van der Waals surface area (Å²) in [5.74, 6) is 1.31. The zero-order chi connectivity index (χ0) is 24.5. The van der Waals surface area contributed by atoms with Crippen LogP contribution in [-0.2, 0) is 11.4 Å². The van der Waals surface area contributed by atoms with Crippen molar-refractivity contribution in [2.24, 2.45) is 5.10 Å². The fourth-order valence-corrected chi connectivity index (χ4v) is 3.50. The number of rotatable bonds is 10. The van der Waals surface area contributed by atoms with E-state index in [4.69, 9.17) is 25.8 Å². The van der Waals surface area contributed by atoms with Crippen molar-refractivity contribution < 1.29 is 19.0 Å². The molecule has 7 nitrogen and oxygen atoms in total. The van der Waals surface area contributed by atoms with Crippen LogP contribution in [0.2, 0.25) is 5.02 Å². The zero-order valence-corrected chi connectivity index (χ0v) is 19.9. The van der Waals surface area contributed by atoms with Crippen molar-refractivity contribution in [1.29, 1.82) is 0 Å². The van der Waals surface area contributed by atoms with Crippen molar-refractivity contribution in [3.05, 3.63) is 95.1 Å². The summed E-state index contributed by atoms with van der Waals surface area (Å²) < 4.78 is 17.3. The molecule has 0 aliphatic carbocycles. The molecule has 1 aromatic heterocycles. The second-order valence-corrected chi connectivity index (χ2v) is 7.84. The molecule has 0 radical (unpaired) electrons. The van der Waals surface area contributed by atoms with E-state index in [-0.39, 0.29) is 12.5 Å². The van der Waals surface area contributed by atoms with Crippen LogP contribution in [0, 0.1) is 0 Å². The Kier molecular flexibility index (Phi) is 8.14. The number of para-hydroxylation sites is 1. The summed E-state index contributed by atoms with van der Waals surface area (Å²) >= 11 is 6.21. The van der Waals surface area contributed by atoms with Gasteiger partial charge in [0.05, 0.1) is 12.8 Å². The lowest BCUT2D eigenvalue weighted by Gasteiger charge is -2.13. The predicted octanol–water partition coefficient (Wildman–Crippen LogP) is 5.40. The van der Waals surface area contributed by atoms with Crippen LogP contribution >= 0.6 is 11.6 Å². The molecule has 1 amide bonds. The standard InChI is InChI=1S/C27H24ClN3O4/c1-2-33-25-15-19(12-13-23(25)34-17-21-7-3-4-10-22(21)28)16-30-31-26(32)18-35-24-11-5-8-20-9-6-14-29-27(20)24/h3-16H,2,17-18H2,1H3,(H,31,32)/b30-16+. The van der Waals surface area contributed by atoms with E-state index in [0.717, 1.165) is 16.5 Å². The first-order chi connectivity index (χ1) is 17.1. The van der Waals surface area contributed by atoms with E-state index in [1.165, 1.54) is 6.21 Å². The molecule has 1 N–H and O–H groups in total. The van der Waals surface area contributed by atoms with Crippen LogP contribution in [0.25, 0.3) is 10.9 Å². The van der Waals surface area contributed by atoms with Gasteiger partial charge in [-0.3, -0.25) is 9.78 Å². The fraction of sp³-hybridized carbons (Fsp3) is 0.148. The van der Waals surface area contributed by atoms with Gasteiger partial charge in [-0.1, -0.05) is 48.0 Å². The second kappa shape index (κ2) is 11.9. The third kappa shape index (κ3) is 6.49. The Bertz CT molecular complexity index is 1340. The maximum absolute atomic E-state index is 12.2. The normalized spacial score (nSPS) is 10.9. The lowest BCUT2D eigenvalue weighted by molar-refractivity contribution is -0.123. The van der Waals surface area contributed by atoms with Crippen LogP contribution in [0.3, 0.4) is 0 Å². The third-order valence-electron chi connectivity index (χ3n) is 4.97. The summed E-state index contributed by atoms with van der Waals surface area (Å²) in [6.45, 7) is 2.49. The molecule has 0 saturated heterocycles. The number of fused-ring (bicyclic) bond motifs is 1. The molecular formula is C27H24ClN3O4. The SMILES string of the molecule is CCOc1cc(/C=N/NC(=O)COc2cccc3cccnc23)ccc1OCc1ccccc1Cl. The number of amides is 1. The predicted molar refractivity (Wildman–Crippen MR) is 136 cm³/mol. The Morgan fingerprint density at radius 3 is 2.69 bits per heavy atom. The van der Waals surface area contributed by atoms with E-state index < -0.39 is 0 Å². The van der Waals surface area contributed by atoms with E-state index in [0.29, 0.717) is 41.0 Å². The first-order valence-electron chi connectivity index (χ1n) is 11.1. The van der Waals surface area contributed by atoms with E-state index in [2.05, 4.69) is 15.5 Å². The molecule has 0 atom stereocenters. The van der Waals surface area contributed by atoms with Gasteiger partial charge in [-0.25, -0.2) is 5.43 Å². The molecule has 4 aromatic rings. The number of halogens is 1. The molecule has 1 heterocycles. The first-order valence-corrected chi connectivity index (χ1v) is 11.4. The van der Waals surface area contributed by atoms with Crippen molar-refractivity contribution in [3.8, 4) is 17.2 Å². The number of nitrogens with zero attached hydrogens (tertiary/aromatic N) is 2. The maximum atomic E-state index is 12.2. The Labute approximate surface area is 208 Å². The molecule has 35 heavy (non-hydrogen) atoms. The molecule has 178 valence electrons. The van der Waals surface area contributed by atoms with Crippen molar-refractivity contribution in [2.45, 2.75) is 13.5 Å². The van der Waals surface area contributed by atoms with Gasteiger partial charge in [0.15, 0.2) is 18.1 Å². The molecule has 0 spiro atoms. The summed E-state index contributed by atoms with van der Waals surface area (Å²) in [4.78, 5) is 16.5. The van der Waals surface area contributed by atoms with E-state index >= 15 is 0 Å². The molecule has 0 bridgehead atoms. The lowest BCUT2D eigenvalue weighted by atomic mass is 10.2. The van der Waals surface area contributed by atoms with Crippen molar-refractivity contribution in [3.63, 3.8) is 0 Å². The monoisotopic (exact) mass is 489 g/mol. The maximum Gasteiger partial charge on any atom is 0.277 e. The van der Waals surface area contributed by atoms with Crippen molar-refractivity contribution in [1.82, 2.24) is 10.4 Å². The number of nitrogens with one attached hydrogen (secondary N) is 1. The topological polar surface area (TPSA) is 82.0 Å². The summed E-state index contributed by atoms with van der Waals surface area (Å²) in [6, 6.07) is 22.3. The Morgan fingerprint density at radius 2 is 1.83 bits per heavy atom. The van der Waals surface area contributed by atoms with Crippen LogP contribution in [0.15, 0.2) is 84.1 Å². The van der Waals surface area contributed by atoms with Crippen LogP contribution in [0.4, 0.5) is 0 Å². The molecular weight excluding hydrogens is 466 g/mol. The van der Waals surface area contributed by atoms with Crippen LogP contribution in [0.1, 0.15) is 18.1 Å². The quantitative estimate of drug-likeness (QED) is 0.238. The zero-order valence-electron chi connectivity index (χ0n) is 19.1. The van der Waals surface area contributed by atoms with Gasteiger partial charge in [-0.05, 0) is 48.9 Å². The number of ether oxygens (including phenoxy) is 3. The number of hydrogen-bond acceptors (Lipinski definition) is 6. The summed E-state index contributed by atoms with van der Waals surface area (Å²) in [5.41, 5.74) is 4.78. The molecule has 0 aliphatic heterocycles.